The fraction of sp³-hybridized carbons (Fsp3) is 0.667. The van der Waals surface area contributed by atoms with Crippen molar-refractivity contribution in [2.45, 2.75) is 5.51 Å². The lowest BCUT2D eigenvalue weighted by Gasteiger charge is -2.07. The molecule has 1 N–H and O–H groups in total. The van der Waals surface area contributed by atoms with Crippen LogP contribution in [0.2, 0.25) is 0 Å². The second kappa shape index (κ2) is 3.60. The number of carbonyl (C=O) groups excluding carboxylic acids is 1. The molecule has 0 heterocycles. The predicted molar refractivity (Wildman–Crippen MR) is 36.9 cm³/mol. The zero-order valence-corrected chi connectivity index (χ0v) is 7.75. The average Bonchev–Trinajstić information content (AvgIpc) is 1.84. The minimum atomic E-state index is -5.54. The molecule has 0 aliphatic rings. The van der Waals surface area contributed by atoms with Crippen molar-refractivity contribution in [3.8, 4) is 0 Å². The van der Waals surface area contributed by atoms with E-state index in [0.717, 1.165) is 4.72 Å². The molecule has 0 radical (unpaired) electrons. The number of nitrogens with one attached hydrogen (secondary N) is 1. The average molecular weight is 270 g/mol. The maximum Gasteiger partial charge on any atom is 0.516 e. The Morgan fingerprint density at radius 2 is 1.83 bits per heavy atom. The number of hydrogen-bond acceptors (Lipinski definition) is 3. The van der Waals surface area contributed by atoms with Crippen LogP contribution in [0.3, 0.4) is 0 Å². The molecule has 9 heteroatoms. The van der Waals surface area contributed by atoms with Gasteiger partial charge in [0.1, 0.15) is 0 Å². The Bertz CT molecular complexity index is 271. The molecule has 72 valence electrons. The van der Waals surface area contributed by atoms with E-state index >= 15 is 0 Å². The Labute approximate surface area is 74.3 Å². The first-order valence-corrected chi connectivity index (χ1v) is 4.99. The van der Waals surface area contributed by atoms with Gasteiger partial charge in [0.25, 0.3) is 0 Å². The molecule has 0 rings (SSSR count). The van der Waals surface area contributed by atoms with E-state index < -0.39 is 26.8 Å². The van der Waals surface area contributed by atoms with E-state index in [0.29, 0.717) is 0 Å². The van der Waals surface area contributed by atoms with Crippen molar-refractivity contribution in [2.75, 3.05) is 5.33 Å². The maximum absolute atomic E-state index is 11.5. The van der Waals surface area contributed by atoms with E-state index in [-0.39, 0.29) is 0 Å². The van der Waals surface area contributed by atoms with E-state index in [4.69, 9.17) is 0 Å². The van der Waals surface area contributed by atoms with Crippen molar-refractivity contribution in [3.05, 3.63) is 0 Å². The van der Waals surface area contributed by atoms with Crippen LogP contribution in [0.25, 0.3) is 0 Å². The summed E-state index contributed by atoms with van der Waals surface area (Å²) in [6.45, 7) is 0. The third-order valence-corrected chi connectivity index (χ3v) is 2.29. The lowest BCUT2D eigenvalue weighted by Crippen LogP contribution is -2.40. The van der Waals surface area contributed by atoms with Crippen LogP contribution in [0.4, 0.5) is 13.2 Å². The number of amides is 1. The number of rotatable bonds is 2. The molecular weight excluding hydrogens is 267 g/mol. The molecule has 0 spiro atoms. The zero-order chi connectivity index (χ0) is 9.99. The summed E-state index contributed by atoms with van der Waals surface area (Å²) in [5.74, 6) is -1.27. The number of alkyl halides is 4. The van der Waals surface area contributed by atoms with Crippen molar-refractivity contribution >= 4 is 31.9 Å². The first-order chi connectivity index (χ1) is 5.20. The van der Waals surface area contributed by atoms with E-state index in [1.807, 2.05) is 0 Å². The predicted octanol–water partition coefficient (Wildman–Crippen LogP) is 0.347. The highest BCUT2D eigenvalue weighted by Crippen LogP contribution is 2.21. The summed E-state index contributed by atoms with van der Waals surface area (Å²) >= 11 is 2.49. The molecule has 0 fully saturated rings. The number of halogens is 4. The van der Waals surface area contributed by atoms with Crippen LogP contribution in [0.1, 0.15) is 0 Å². The van der Waals surface area contributed by atoms with Crippen molar-refractivity contribution in [1.82, 2.24) is 4.72 Å². The Morgan fingerprint density at radius 3 is 2.08 bits per heavy atom. The molecule has 12 heavy (non-hydrogen) atoms. The molecule has 0 aromatic rings. The molecule has 0 aromatic heterocycles. The lowest BCUT2D eigenvalue weighted by atomic mass is 10.8. The third-order valence-electron chi connectivity index (χ3n) is 0.674. The Kier molecular flexibility index (Phi) is 3.51. The third kappa shape index (κ3) is 2.97. The van der Waals surface area contributed by atoms with Crippen LogP contribution in [0.15, 0.2) is 0 Å². The number of sulfonamides is 1. The summed E-state index contributed by atoms with van der Waals surface area (Å²) in [4.78, 5) is 10.2. The Morgan fingerprint density at radius 1 is 1.42 bits per heavy atom. The molecule has 0 aromatic carbocycles. The van der Waals surface area contributed by atoms with E-state index in [1.165, 1.54) is 0 Å². The fourth-order valence-corrected chi connectivity index (χ4v) is 1.05. The van der Waals surface area contributed by atoms with Gasteiger partial charge in [-0.2, -0.15) is 21.6 Å². The van der Waals surface area contributed by atoms with Gasteiger partial charge < -0.3 is 0 Å². The Hall–Kier alpha value is -0.310. The van der Waals surface area contributed by atoms with Crippen molar-refractivity contribution < 1.29 is 26.4 Å². The zero-order valence-electron chi connectivity index (χ0n) is 5.35. The fourth-order valence-electron chi connectivity index (χ4n) is 0.235. The van der Waals surface area contributed by atoms with Crippen LogP contribution in [0.5, 0.6) is 0 Å². The molecule has 0 aliphatic carbocycles. The van der Waals surface area contributed by atoms with Crippen molar-refractivity contribution in [3.63, 3.8) is 0 Å². The standard InChI is InChI=1S/C3H3BrF3NO3S/c4-1-2(9)8-12(10,11)3(5,6)7/h1H2,(H,8,9). The summed E-state index contributed by atoms with van der Waals surface area (Å²) in [5.41, 5.74) is -5.45. The number of hydrogen-bond donors (Lipinski definition) is 1. The van der Waals surface area contributed by atoms with Crippen molar-refractivity contribution in [1.29, 1.82) is 0 Å². The second-order valence-electron chi connectivity index (χ2n) is 1.61. The smallest absolute Gasteiger partial charge is 0.273 e. The summed E-state index contributed by atoms with van der Waals surface area (Å²) in [6.07, 6.45) is 0. The van der Waals surface area contributed by atoms with Crippen LogP contribution in [-0.4, -0.2) is 25.2 Å². The SMILES string of the molecule is O=C(CBr)NS(=O)(=O)C(F)(F)F. The van der Waals surface area contributed by atoms with Gasteiger partial charge in [-0.25, -0.2) is 4.72 Å². The second-order valence-corrected chi connectivity index (χ2v) is 3.84. The maximum atomic E-state index is 11.5. The van der Waals surface area contributed by atoms with Gasteiger partial charge in [0.15, 0.2) is 0 Å². The van der Waals surface area contributed by atoms with Gasteiger partial charge in [0, 0.05) is 0 Å². The monoisotopic (exact) mass is 269 g/mol. The highest BCUT2D eigenvalue weighted by molar-refractivity contribution is 9.09. The molecule has 0 saturated carbocycles. The van der Waals surface area contributed by atoms with Crippen LogP contribution >= 0.6 is 15.9 Å². The van der Waals surface area contributed by atoms with Crippen molar-refractivity contribution in [2.24, 2.45) is 0 Å². The Balaban J connectivity index is 4.58. The number of carbonyl (C=O) groups is 1. The minimum absolute atomic E-state index is 0.512. The van der Waals surface area contributed by atoms with Gasteiger partial charge in [-0.1, -0.05) is 15.9 Å². The molecule has 0 aliphatic heterocycles. The van der Waals surface area contributed by atoms with E-state index in [9.17, 15) is 26.4 Å². The summed E-state index contributed by atoms with van der Waals surface area (Å²) in [7, 11) is -5.54. The quantitative estimate of drug-likeness (QED) is 0.736. The highest BCUT2D eigenvalue weighted by Gasteiger charge is 2.46. The minimum Gasteiger partial charge on any atom is -0.273 e. The molecular formula is C3H3BrF3NO3S. The van der Waals surface area contributed by atoms with Gasteiger partial charge in [0.2, 0.25) is 5.91 Å². The summed E-state index contributed by atoms with van der Waals surface area (Å²) in [6, 6.07) is 0. The van der Waals surface area contributed by atoms with E-state index in [1.54, 1.807) is 0 Å². The largest absolute Gasteiger partial charge is 0.516 e. The molecule has 4 nitrogen and oxygen atoms in total. The van der Waals surface area contributed by atoms with Gasteiger partial charge in [-0.15, -0.1) is 0 Å². The topological polar surface area (TPSA) is 63.2 Å². The molecule has 0 bridgehead atoms. The van der Waals surface area contributed by atoms with Gasteiger partial charge in [0.05, 0.1) is 5.33 Å². The van der Waals surface area contributed by atoms with Crippen LogP contribution in [0, 0.1) is 0 Å². The van der Waals surface area contributed by atoms with Crippen LogP contribution < -0.4 is 4.72 Å². The lowest BCUT2D eigenvalue weighted by molar-refractivity contribution is -0.117. The molecule has 0 saturated heterocycles. The van der Waals surface area contributed by atoms with Crippen LogP contribution in [-0.2, 0) is 14.8 Å². The van der Waals surface area contributed by atoms with E-state index in [2.05, 4.69) is 15.9 Å². The summed E-state index contributed by atoms with van der Waals surface area (Å²) < 4.78 is 55.6. The first kappa shape index (κ1) is 11.7. The molecule has 0 atom stereocenters. The highest BCUT2D eigenvalue weighted by atomic mass is 79.9. The summed E-state index contributed by atoms with van der Waals surface area (Å²) in [5, 5.41) is -0.512. The van der Waals surface area contributed by atoms with Gasteiger partial charge in [-0.3, -0.25) is 4.79 Å². The molecule has 0 unspecified atom stereocenters. The normalized spacial score (nSPS) is 12.7. The van der Waals surface area contributed by atoms with Gasteiger partial charge >= 0.3 is 15.5 Å². The molecule has 1 amide bonds. The first-order valence-electron chi connectivity index (χ1n) is 2.38. The van der Waals surface area contributed by atoms with Gasteiger partial charge in [-0.05, 0) is 0 Å².